The Hall–Kier alpha value is -5.80. The molecule has 0 amide bonds. The Kier molecular flexibility index (Phi) is 6.10. The summed E-state index contributed by atoms with van der Waals surface area (Å²) in [5.74, 6) is 0. The van der Waals surface area contributed by atoms with Gasteiger partial charge in [-0.15, -0.1) is 0 Å². The number of aromatic nitrogens is 2. The first-order valence-corrected chi connectivity index (χ1v) is 15.0. The summed E-state index contributed by atoms with van der Waals surface area (Å²) >= 11 is 0. The lowest BCUT2D eigenvalue weighted by Gasteiger charge is -2.22. The molecule has 8 rings (SSSR count). The molecule has 222 valence electrons. The Morgan fingerprint density at radius 2 is 1.07 bits per heavy atom. The summed E-state index contributed by atoms with van der Waals surface area (Å²) in [6, 6.07) is 39.6. The summed E-state index contributed by atoms with van der Waals surface area (Å²) in [7, 11) is 0. The Balaban J connectivity index is 1.61. The van der Waals surface area contributed by atoms with E-state index in [1.165, 1.54) is 12.1 Å². The van der Waals surface area contributed by atoms with Gasteiger partial charge >= 0.3 is 6.18 Å². The predicted molar refractivity (Wildman–Crippen MR) is 180 cm³/mol. The molecule has 0 saturated carbocycles. The van der Waals surface area contributed by atoms with E-state index in [1.807, 2.05) is 91.2 Å². The highest BCUT2D eigenvalue weighted by Gasteiger charge is 2.35. The van der Waals surface area contributed by atoms with Crippen molar-refractivity contribution in [2.45, 2.75) is 20.0 Å². The fourth-order valence-electron chi connectivity index (χ4n) is 7.15. The second kappa shape index (κ2) is 10.1. The first kappa shape index (κ1) is 27.7. The molecule has 6 aromatic carbocycles. The largest absolute Gasteiger partial charge is 0.417 e. The van der Waals surface area contributed by atoms with Crippen molar-refractivity contribution in [1.29, 1.82) is 5.26 Å². The number of fused-ring (bicyclic) bond motifs is 6. The first-order chi connectivity index (χ1) is 22.3. The van der Waals surface area contributed by atoms with Gasteiger partial charge in [-0.25, -0.2) is 0 Å². The van der Waals surface area contributed by atoms with Crippen LogP contribution in [0.15, 0.2) is 121 Å². The van der Waals surface area contributed by atoms with Gasteiger partial charge in [-0.3, -0.25) is 0 Å². The molecule has 0 saturated heterocycles. The fraction of sp³-hybridized carbons (Fsp3) is 0.0750. The van der Waals surface area contributed by atoms with E-state index in [4.69, 9.17) is 0 Å². The molecule has 0 spiro atoms. The summed E-state index contributed by atoms with van der Waals surface area (Å²) < 4.78 is 47.8. The number of halogens is 3. The van der Waals surface area contributed by atoms with Gasteiger partial charge in [0.25, 0.3) is 0 Å². The Labute approximate surface area is 263 Å². The van der Waals surface area contributed by atoms with Gasteiger partial charge in [0.05, 0.1) is 39.0 Å². The molecular formula is C40H26F3N3. The van der Waals surface area contributed by atoms with Crippen molar-refractivity contribution in [2.75, 3.05) is 0 Å². The maximum atomic E-state index is 14.6. The highest BCUT2D eigenvalue weighted by molar-refractivity contribution is 6.12. The molecule has 0 unspecified atom stereocenters. The van der Waals surface area contributed by atoms with Crippen LogP contribution < -0.4 is 0 Å². The molecule has 2 aromatic heterocycles. The average Bonchev–Trinajstić information content (AvgIpc) is 3.58. The van der Waals surface area contributed by atoms with Crippen molar-refractivity contribution in [1.82, 2.24) is 9.13 Å². The van der Waals surface area contributed by atoms with Crippen molar-refractivity contribution < 1.29 is 13.2 Å². The van der Waals surface area contributed by atoms with Crippen LogP contribution in [0.1, 0.15) is 22.3 Å². The van der Waals surface area contributed by atoms with Crippen LogP contribution in [0.4, 0.5) is 13.2 Å². The van der Waals surface area contributed by atoms with Crippen molar-refractivity contribution in [3.8, 4) is 28.6 Å². The van der Waals surface area contributed by atoms with Crippen LogP contribution in [0.25, 0.3) is 66.1 Å². The first-order valence-electron chi connectivity index (χ1n) is 15.0. The smallest absolute Gasteiger partial charge is 0.308 e. The quantitative estimate of drug-likeness (QED) is 0.197. The molecule has 0 fully saturated rings. The van der Waals surface area contributed by atoms with E-state index in [0.29, 0.717) is 16.9 Å². The van der Waals surface area contributed by atoms with Crippen LogP contribution in [0.3, 0.4) is 0 Å². The second-order valence-corrected chi connectivity index (χ2v) is 11.7. The summed E-state index contributed by atoms with van der Waals surface area (Å²) in [4.78, 5) is 0. The molecule has 6 heteroatoms. The number of benzene rings is 6. The van der Waals surface area contributed by atoms with E-state index in [0.717, 1.165) is 60.8 Å². The van der Waals surface area contributed by atoms with Gasteiger partial charge in [-0.05, 0) is 54.8 Å². The van der Waals surface area contributed by atoms with Crippen LogP contribution >= 0.6 is 0 Å². The zero-order valence-corrected chi connectivity index (χ0v) is 25.0. The summed E-state index contributed by atoms with van der Waals surface area (Å²) in [6.45, 7) is 4.03. The molecule has 0 atom stereocenters. The van der Waals surface area contributed by atoms with Crippen molar-refractivity contribution in [3.63, 3.8) is 0 Å². The van der Waals surface area contributed by atoms with E-state index < -0.39 is 11.7 Å². The molecule has 0 N–H and O–H groups in total. The molecule has 0 aliphatic rings. The fourth-order valence-corrected chi connectivity index (χ4v) is 7.15. The van der Waals surface area contributed by atoms with E-state index in [2.05, 4.69) is 22.8 Å². The van der Waals surface area contributed by atoms with Crippen LogP contribution in [0, 0.1) is 25.2 Å². The predicted octanol–water partition coefficient (Wildman–Crippen LogP) is 11.1. The number of nitrogens with zero attached hydrogens (tertiary/aromatic N) is 3. The van der Waals surface area contributed by atoms with Crippen LogP contribution in [0.5, 0.6) is 0 Å². The van der Waals surface area contributed by atoms with Crippen LogP contribution in [-0.4, -0.2) is 9.13 Å². The van der Waals surface area contributed by atoms with Gasteiger partial charge in [-0.1, -0.05) is 97.1 Å². The van der Waals surface area contributed by atoms with Crippen molar-refractivity contribution in [2.24, 2.45) is 0 Å². The Morgan fingerprint density at radius 3 is 1.67 bits per heavy atom. The minimum atomic E-state index is -4.60. The molecule has 0 bridgehead atoms. The lowest BCUT2D eigenvalue weighted by molar-refractivity contribution is -0.137. The normalized spacial score (nSPS) is 12.0. The topological polar surface area (TPSA) is 33.6 Å². The molecule has 46 heavy (non-hydrogen) atoms. The lowest BCUT2D eigenvalue weighted by Crippen LogP contribution is -2.10. The van der Waals surface area contributed by atoms with Crippen molar-refractivity contribution >= 4 is 43.6 Å². The molecule has 0 aliphatic heterocycles. The standard InChI is InChI=1S/C40H26F3N3/c1-24-11-9-16-29-27-14-4-7-19-34(27)45(37(24)29)36-22-21-31(26-13-3-6-18-33(26)40(41,42)43)39(32(36)23-44)46-35-20-8-5-15-28(35)30-17-10-12-25(2)38(30)46/h3-22H,1-2H3. The third-order valence-electron chi connectivity index (χ3n) is 9.05. The highest BCUT2D eigenvalue weighted by Crippen LogP contribution is 2.45. The van der Waals surface area contributed by atoms with Gasteiger partial charge in [0, 0.05) is 27.1 Å². The van der Waals surface area contributed by atoms with E-state index in [1.54, 1.807) is 18.2 Å². The Bertz CT molecular complexity index is 2560. The van der Waals surface area contributed by atoms with E-state index >= 15 is 0 Å². The summed E-state index contributed by atoms with van der Waals surface area (Å²) in [5.41, 5.74) is 6.40. The van der Waals surface area contributed by atoms with Crippen molar-refractivity contribution in [3.05, 3.63) is 144 Å². The van der Waals surface area contributed by atoms with Crippen LogP contribution in [-0.2, 0) is 6.18 Å². The van der Waals surface area contributed by atoms with E-state index in [9.17, 15) is 18.4 Å². The molecule has 8 aromatic rings. The van der Waals surface area contributed by atoms with Gasteiger partial charge in [0.15, 0.2) is 0 Å². The number of aryl methyl sites for hydroxylation is 2. The SMILES string of the molecule is Cc1cccc2c3ccccc3n(-c3ccc(-c4ccccc4C(F)(F)F)c(-n4c5ccccc5c5cccc(C)c54)c3C#N)c12. The number of hydrogen-bond donors (Lipinski definition) is 0. The van der Waals surface area contributed by atoms with Gasteiger partial charge in [0.1, 0.15) is 11.6 Å². The van der Waals surface area contributed by atoms with Gasteiger partial charge in [0.2, 0.25) is 0 Å². The van der Waals surface area contributed by atoms with Crippen LogP contribution in [0.2, 0.25) is 0 Å². The number of alkyl halides is 3. The summed E-state index contributed by atoms with van der Waals surface area (Å²) in [5, 5.41) is 15.1. The minimum absolute atomic E-state index is 0.0194. The number of hydrogen-bond acceptors (Lipinski definition) is 1. The van der Waals surface area contributed by atoms with Gasteiger partial charge in [-0.2, -0.15) is 18.4 Å². The average molecular weight is 606 g/mol. The zero-order chi connectivity index (χ0) is 31.7. The minimum Gasteiger partial charge on any atom is -0.308 e. The third-order valence-corrected chi connectivity index (χ3v) is 9.05. The summed E-state index contributed by atoms with van der Waals surface area (Å²) in [6.07, 6.45) is -4.60. The van der Waals surface area contributed by atoms with E-state index in [-0.39, 0.29) is 11.1 Å². The lowest BCUT2D eigenvalue weighted by atomic mass is 9.94. The monoisotopic (exact) mass is 605 g/mol. The number of rotatable bonds is 3. The number of nitriles is 1. The van der Waals surface area contributed by atoms with Gasteiger partial charge < -0.3 is 9.13 Å². The highest BCUT2D eigenvalue weighted by atomic mass is 19.4. The third kappa shape index (κ3) is 3.92. The molecule has 3 nitrogen and oxygen atoms in total. The maximum absolute atomic E-state index is 14.6. The molecule has 2 heterocycles. The zero-order valence-electron chi connectivity index (χ0n) is 25.0. The second-order valence-electron chi connectivity index (χ2n) is 11.7. The Morgan fingerprint density at radius 1 is 0.543 bits per heavy atom. The molecule has 0 aliphatic carbocycles. The molecular weight excluding hydrogens is 579 g/mol. The number of para-hydroxylation sites is 4. The maximum Gasteiger partial charge on any atom is 0.417 e. The molecule has 0 radical (unpaired) electrons.